The topological polar surface area (TPSA) is 28.2 Å². The molecule has 1 aromatic carbocycles. The Kier molecular flexibility index (Phi) is 8.77. The summed E-state index contributed by atoms with van der Waals surface area (Å²) in [7, 11) is 0. The van der Waals surface area contributed by atoms with E-state index >= 15 is 0 Å². The monoisotopic (exact) mass is 549 g/mol. The molecule has 2 saturated carbocycles. The molecule has 2 aliphatic carbocycles. The molecule has 0 aromatic heterocycles. The van der Waals surface area contributed by atoms with Gasteiger partial charge in [0.2, 0.25) is 0 Å². The highest BCUT2D eigenvalue weighted by atomic mass is 16.5. The van der Waals surface area contributed by atoms with Gasteiger partial charge in [-0.15, -0.1) is 0 Å². The third-order valence-electron chi connectivity index (χ3n) is 11.2. The van der Waals surface area contributed by atoms with Crippen LogP contribution in [0.3, 0.4) is 0 Å². The van der Waals surface area contributed by atoms with Gasteiger partial charge in [-0.1, -0.05) is 32.1 Å². The molecule has 4 aliphatic heterocycles. The van der Waals surface area contributed by atoms with Gasteiger partial charge in [0.25, 0.3) is 0 Å². The van der Waals surface area contributed by atoms with Gasteiger partial charge in [0, 0.05) is 51.4 Å². The van der Waals surface area contributed by atoms with Crippen LogP contribution in [0, 0.1) is 0 Å². The molecular formula is C35H55N3O2. The zero-order valence-corrected chi connectivity index (χ0v) is 25.3. The molecule has 1 atom stereocenters. The summed E-state index contributed by atoms with van der Waals surface area (Å²) in [5.41, 5.74) is 10.2. The van der Waals surface area contributed by atoms with E-state index < -0.39 is 0 Å². The van der Waals surface area contributed by atoms with E-state index in [1.807, 2.05) is 0 Å². The average molecular weight is 550 g/mol. The van der Waals surface area contributed by atoms with Crippen LogP contribution >= 0.6 is 0 Å². The lowest BCUT2D eigenvalue weighted by Crippen LogP contribution is -2.40. The first-order valence-electron chi connectivity index (χ1n) is 17.6. The molecule has 5 nitrogen and oxygen atoms in total. The summed E-state index contributed by atoms with van der Waals surface area (Å²) in [6.45, 7) is 9.64. The number of hydrogen-bond donors (Lipinski definition) is 0. The van der Waals surface area contributed by atoms with E-state index in [4.69, 9.17) is 9.47 Å². The third kappa shape index (κ3) is 5.39. The van der Waals surface area contributed by atoms with E-state index in [0.29, 0.717) is 11.8 Å². The van der Waals surface area contributed by atoms with Gasteiger partial charge in [-0.2, -0.15) is 0 Å². The Bertz CT molecular complexity index is 835. The van der Waals surface area contributed by atoms with Gasteiger partial charge in [0.15, 0.2) is 0 Å². The van der Waals surface area contributed by atoms with Gasteiger partial charge >= 0.3 is 0 Å². The van der Waals surface area contributed by atoms with Crippen molar-refractivity contribution in [1.82, 2.24) is 0 Å². The highest BCUT2D eigenvalue weighted by Gasteiger charge is 2.41. The minimum atomic E-state index is 0.281. The van der Waals surface area contributed by atoms with Crippen molar-refractivity contribution in [2.75, 3.05) is 73.8 Å². The fourth-order valence-corrected chi connectivity index (χ4v) is 9.31. The van der Waals surface area contributed by atoms with Crippen LogP contribution in [0.15, 0.2) is 0 Å². The van der Waals surface area contributed by atoms with Gasteiger partial charge in [-0.05, 0) is 100 Å². The van der Waals surface area contributed by atoms with E-state index in [1.54, 1.807) is 33.8 Å². The summed E-state index contributed by atoms with van der Waals surface area (Å²) < 4.78 is 12.8. The quantitative estimate of drug-likeness (QED) is 0.358. The number of morpholine rings is 1. The van der Waals surface area contributed by atoms with Crippen LogP contribution in [0.4, 0.5) is 17.1 Å². The highest BCUT2D eigenvalue weighted by molar-refractivity contribution is 5.92. The van der Waals surface area contributed by atoms with Crippen LogP contribution in [-0.4, -0.2) is 59.1 Å². The first-order valence-corrected chi connectivity index (χ1v) is 17.6. The maximum atomic E-state index is 6.86. The molecule has 4 saturated heterocycles. The largest absolute Gasteiger partial charge is 0.378 e. The standard InChI is InChI=1S/C35H55N3O2/c1-3-13-28(14-4-1)31-30(27-15-5-6-16-27)32(29-17-7-12-24-40-29)34(36-18-8-2-9-19-36)35(37-20-10-11-21-37)33(31)38-22-25-39-26-23-38/h27-29H,1-26H2. The summed E-state index contributed by atoms with van der Waals surface area (Å²) in [6, 6.07) is 0. The molecule has 0 amide bonds. The van der Waals surface area contributed by atoms with Gasteiger partial charge in [-0.3, -0.25) is 0 Å². The van der Waals surface area contributed by atoms with Crippen molar-refractivity contribution in [3.63, 3.8) is 0 Å². The Morgan fingerprint density at radius 3 is 1.55 bits per heavy atom. The van der Waals surface area contributed by atoms with Crippen LogP contribution in [0.1, 0.15) is 144 Å². The van der Waals surface area contributed by atoms with Gasteiger partial charge < -0.3 is 24.2 Å². The molecule has 40 heavy (non-hydrogen) atoms. The lowest BCUT2D eigenvalue weighted by atomic mass is 9.73. The first-order chi connectivity index (χ1) is 19.9. The summed E-state index contributed by atoms with van der Waals surface area (Å²) in [4.78, 5) is 8.54. The summed E-state index contributed by atoms with van der Waals surface area (Å²) in [5.74, 6) is 1.43. The second kappa shape index (κ2) is 12.8. The molecular weight excluding hydrogens is 494 g/mol. The lowest BCUT2D eigenvalue weighted by molar-refractivity contribution is 0.0144. The third-order valence-corrected chi connectivity index (χ3v) is 11.2. The van der Waals surface area contributed by atoms with E-state index in [0.717, 1.165) is 32.9 Å². The van der Waals surface area contributed by atoms with Crippen molar-refractivity contribution in [1.29, 1.82) is 0 Å². The Morgan fingerprint density at radius 2 is 0.900 bits per heavy atom. The first kappa shape index (κ1) is 27.4. The van der Waals surface area contributed by atoms with Crippen LogP contribution in [0.2, 0.25) is 0 Å². The average Bonchev–Trinajstić information content (AvgIpc) is 3.77. The molecule has 6 fully saturated rings. The SMILES string of the molecule is C1CCC(c2c(C3CCCC3)c(C3CCCCO3)c(N3CCCCC3)c(N3CCCC3)c2N2CCOCC2)CC1. The van der Waals surface area contributed by atoms with E-state index in [9.17, 15) is 0 Å². The number of ether oxygens (including phenoxy) is 2. The molecule has 1 unspecified atom stereocenters. The van der Waals surface area contributed by atoms with Crippen molar-refractivity contribution >= 4 is 17.1 Å². The van der Waals surface area contributed by atoms with E-state index in [-0.39, 0.29) is 6.10 Å². The summed E-state index contributed by atoms with van der Waals surface area (Å²) in [6.07, 6.45) is 23.3. The predicted molar refractivity (Wildman–Crippen MR) is 167 cm³/mol. The van der Waals surface area contributed by atoms with Gasteiger partial charge in [-0.25, -0.2) is 0 Å². The van der Waals surface area contributed by atoms with Crippen molar-refractivity contribution < 1.29 is 9.47 Å². The molecule has 4 heterocycles. The molecule has 0 bridgehead atoms. The maximum absolute atomic E-state index is 6.86. The van der Waals surface area contributed by atoms with Gasteiger partial charge in [0.1, 0.15) is 0 Å². The highest BCUT2D eigenvalue weighted by Crippen LogP contribution is 2.58. The van der Waals surface area contributed by atoms with Crippen LogP contribution in [0.5, 0.6) is 0 Å². The number of hydrogen-bond acceptors (Lipinski definition) is 5. The Hall–Kier alpha value is -1.46. The molecule has 6 aliphatic rings. The van der Waals surface area contributed by atoms with E-state index in [2.05, 4.69) is 14.7 Å². The smallest absolute Gasteiger partial charge is 0.0848 e. The van der Waals surface area contributed by atoms with Crippen molar-refractivity contribution in [2.24, 2.45) is 0 Å². The molecule has 5 heteroatoms. The van der Waals surface area contributed by atoms with Crippen LogP contribution in [0.25, 0.3) is 0 Å². The Balaban J connectivity index is 1.54. The van der Waals surface area contributed by atoms with Crippen LogP contribution in [-0.2, 0) is 9.47 Å². The Labute approximate surface area is 243 Å². The van der Waals surface area contributed by atoms with Gasteiger partial charge in [0.05, 0.1) is 36.4 Å². The summed E-state index contributed by atoms with van der Waals surface area (Å²) >= 11 is 0. The second-order valence-corrected chi connectivity index (χ2v) is 13.8. The maximum Gasteiger partial charge on any atom is 0.0848 e. The molecule has 1 aromatic rings. The molecule has 0 N–H and O–H groups in total. The van der Waals surface area contributed by atoms with Crippen molar-refractivity contribution in [3.05, 3.63) is 16.7 Å². The van der Waals surface area contributed by atoms with Crippen molar-refractivity contribution in [2.45, 2.75) is 127 Å². The Morgan fingerprint density at radius 1 is 0.400 bits per heavy atom. The minimum Gasteiger partial charge on any atom is -0.378 e. The zero-order chi connectivity index (χ0) is 26.7. The molecule has 222 valence electrons. The van der Waals surface area contributed by atoms with Crippen LogP contribution < -0.4 is 14.7 Å². The van der Waals surface area contributed by atoms with Crippen molar-refractivity contribution in [3.8, 4) is 0 Å². The molecule has 0 spiro atoms. The number of piperidine rings is 1. The number of anilines is 3. The fourth-order valence-electron chi connectivity index (χ4n) is 9.31. The number of rotatable bonds is 6. The molecule has 7 rings (SSSR count). The normalized spacial score (nSPS) is 27.6. The minimum absolute atomic E-state index is 0.281. The van der Waals surface area contributed by atoms with E-state index in [1.165, 1.54) is 135 Å². The lowest BCUT2D eigenvalue weighted by Gasteiger charge is -2.45. The number of benzene rings is 1. The fraction of sp³-hybridized carbons (Fsp3) is 0.829. The predicted octanol–water partition coefficient (Wildman–Crippen LogP) is 8.06. The zero-order valence-electron chi connectivity index (χ0n) is 25.3. The number of nitrogens with zero attached hydrogens (tertiary/aromatic N) is 3. The molecule has 0 radical (unpaired) electrons. The summed E-state index contributed by atoms with van der Waals surface area (Å²) in [5, 5.41) is 0. The second-order valence-electron chi connectivity index (χ2n) is 13.8.